The quantitative estimate of drug-likeness (QED) is 0.853. The molecule has 18 heavy (non-hydrogen) atoms. The average Bonchev–Trinajstić information content (AvgIpc) is 2.66. The van der Waals surface area contributed by atoms with Crippen LogP contribution in [0.1, 0.15) is 37.7 Å². The Balaban J connectivity index is 2.12. The number of nitrogens with one attached hydrogen (secondary N) is 1. The van der Waals surface area contributed by atoms with Crippen LogP contribution in [0.2, 0.25) is 0 Å². The first-order valence-electron chi connectivity index (χ1n) is 6.06. The van der Waals surface area contributed by atoms with Crippen LogP contribution in [0.3, 0.4) is 0 Å². The van der Waals surface area contributed by atoms with Gasteiger partial charge in [-0.05, 0) is 25.2 Å². The number of aliphatic hydroxyl groups is 1. The van der Waals surface area contributed by atoms with E-state index < -0.39 is 10.0 Å². The summed E-state index contributed by atoms with van der Waals surface area (Å²) in [7, 11) is -3.54. The zero-order chi connectivity index (χ0) is 13.4. The SMILES string of the molecule is Cc1oc(CO)cc1S(=O)(=O)NCC1(C)CCC1. The standard InChI is InChI=1S/C12H19NO4S/c1-9-11(6-10(7-14)17-9)18(15,16)13-8-12(2)4-3-5-12/h6,13-14H,3-5,7-8H2,1-2H3. The maximum absolute atomic E-state index is 12.1. The Morgan fingerprint density at radius 3 is 2.61 bits per heavy atom. The lowest BCUT2D eigenvalue weighted by Crippen LogP contribution is -2.39. The summed E-state index contributed by atoms with van der Waals surface area (Å²) >= 11 is 0. The Kier molecular flexibility index (Phi) is 3.53. The second kappa shape index (κ2) is 4.68. The minimum absolute atomic E-state index is 0.0878. The van der Waals surface area contributed by atoms with Gasteiger partial charge in [-0.15, -0.1) is 0 Å². The number of aliphatic hydroxyl groups excluding tert-OH is 1. The van der Waals surface area contributed by atoms with Crippen LogP contribution < -0.4 is 4.72 Å². The Bertz CT molecular complexity index is 528. The fourth-order valence-electron chi connectivity index (χ4n) is 2.17. The van der Waals surface area contributed by atoms with Gasteiger partial charge in [0.2, 0.25) is 10.0 Å². The van der Waals surface area contributed by atoms with E-state index in [0.29, 0.717) is 12.3 Å². The van der Waals surface area contributed by atoms with Crippen molar-refractivity contribution in [3.63, 3.8) is 0 Å². The molecule has 0 atom stereocenters. The van der Waals surface area contributed by atoms with E-state index in [1.807, 2.05) is 0 Å². The summed E-state index contributed by atoms with van der Waals surface area (Å²) in [5.41, 5.74) is 0.0878. The number of rotatable bonds is 5. The first-order chi connectivity index (χ1) is 8.36. The van der Waals surface area contributed by atoms with Crippen molar-refractivity contribution in [3.05, 3.63) is 17.6 Å². The molecule has 1 heterocycles. The zero-order valence-electron chi connectivity index (χ0n) is 10.7. The molecule has 0 radical (unpaired) electrons. The molecule has 0 amide bonds. The zero-order valence-corrected chi connectivity index (χ0v) is 11.5. The summed E-state index contributed by atoms with van der Waals surface area (Å²) in [5, 5.41) is 8.94. The third kappa shape index (κ3) is 2.60. The molecular weight excluding hydrogens is 254 g/mol. The molecule has 1 fully saturated rings. The van der Waals surface area contributed by atoms with Crippen molar-refractivity contribution in [1.29, 1.82) is 0 Å². The molecule has 2 N–H and O–H groups in total. The number of furan rings is 1. The maximum Gasteiger partial charge on any atom is 0.244 e. The maximum atomic E-state index is 12.1. The smallest absolute Gasteiger partial charge is 0.244 e. The molecule has 0 bridgehead atoms. The highest BCUT2D eigenvalue weighted by atomic mass is 32.2. The molecule has 1 aromatic rings. The van der Waals surface area contributed by atoms with Crippen LogP contribution in [0, 0.1) is 12.3 Å². The molecular formula is C12H19NO4S. The van der Waals surface area contributed by atoms with Gasteiger partial charge in [0.05, 0.1) is 0 Å². The highest BCUT2D eigenvalue weighted by Gasteiger charge is 2.33. The fraction of sp³-hybridized carbons (Fsp3) is 0.667. The van der Waals surface area contributed by atoms with E-state index in [1.54, 1.807) is 6.92 Å². The van der Waals surface area contributed by atoms with Crippen molar-refractivity contribution in [3.8, 4) is 0 Å². The minimum atomic E-state index is -3.54. The molecule has 0 saturated heterocycles. The Hall–Kier alpha value is -0.850. The van der Waals surface area contributed by atoms with Crippen LogP contribution in [0.5, 0.6) is 0 Å². The Morgan fingerprint density at radius 2 is 2.17 bits per heavy atom. The lowest BCUT2D eigenvalue weighted by atomic mass is 9.71. The van der Waals surface area contributed by atoms with E-state index in [-0.39, 0.29) is 22.7 Å². The lowest BCUT2D eigenvalue weighted by Gasteiger charge is -2.38. The van der Waals surface area contributed by atoms with Crippen molar-refractivity contribution in [1.82, 2.24) is 4.72 Å². The minimum Gasteiger partial charge on any atom is -0.462 e. The van der Waals surface area contributed by atoms with Gasteiger partial charge in [0.15, 0.2) is 0 Å². The lowest BCUT2D eigenvalue weighted by molar-refractivity contribution is 0.166. The van der Waals surface area contributed by atoms with E-state index in [1.165, 1.54) is 6.07 Å². The summed E-state index contributed by atoms with van der Waals surface area (Å²) in [4.78, 5) is 0.120. The van der Waals surface area contributed by atoms with Crippen LogP contribution in [-0.4, -0.2) is 20.1 Å². The van der Waals surface area contributed by atoms with E-state index in [0.717, 1.165) is 19.3 Å². The molecule has 2 rings (SSSR count). The number of sulfonamides is 1. The fourth-order valence-corrected chi connectivity index (χ4v) is 3.57. The van der Waals surface area contributed by atoms with Gasteiger partial charge < -0.3 is 9.52 Å². The third-order valence-electron chi connectivity index (χ3n) is 3.62. The molecule has 1 aliphatic carbocycles. The predicted molar refractivity (Wildman–Crippen MR) is 66.5 cm³/mol. The molecule has 0 unspecified atom stereocenters. The van der Waals surface area contributed by atoms with Crippen LogP contribution in [0.25, 0.3) is 0 Å². The van der Waals surface area contributed by atoms with Crippen molar-refractivity contribution in [2.24, 2.45) is 5.41 Å². The first-order valence-corrected chi connectivity index (χ1v) is 7.54. The van der Waals surface area contributed by atoms with Crippen molar-refractivity contribution in [2.75, 3.05) is 6.54 Å². The number of aryl methyl sites for hydroxylation is 1. The normalized spacial score (nSPS) is 18.6. The molecule has 6 heteroatoms. The topological polar surface area (TPSA) is 79.5 Å². The summed E-state index contributed by atoms with van der Waals surface area (Å²) < 4.78 is 32.0. The van der Waals surface area contributed by atoms with Gasteiger partial charge in [0, 0.05) is 12.6 Å². The third-order valence-corrected chi connectivity index (χ3v) is 5.13. The molecule has 1 aromatic heterocycles. The van der Waals surface area contributed by atoms with Crippen molar-refractivity contribution < 1.29 is 17.9 Å². The van der Waals surface area contributed by atoms with E-state index >= 15 is 0 Å². The van der Waals surface area contributed by atoms with Gasteiger partial charge >= 0.3 is 0 Å². The summed E-state index contributed by atoms with van der Waals surface area (Å²) in [6.07, 6.45) is 3.28. The highest BCUT2D eigenvalue weighted by molar-refractivity contribution is 7.89. The molecule has 102 valence electrons. The Labute approximate surface area is 107 Å². The van der Waals surface area contributed by atoms with Crippen LogP contribution in [-0.2, 0) is 16.6 Å². The van der Waals surface area contributed by atoms with Gasteiger partial charge in [-0.3, -0.25) is 0 Å². The van der Waals surface area contributed by atoms with Crippen molar-refractivity contribution >= 4 is 10.0 Å². The predicted octanol–water partition coefficient (Wildman–Crippen LogP) is 1.55. The molecule has 0 spiro atoms. The monoisotopic (exact) mass is 273 g/mol. The van der Waals surface area contributed by atoms with E-state index in [4.69, 9.17) is 9.52 Å². The average molecular weight is 273 g/mol. The van der Waals surface area contributed by atoms with Gasteiger partial charge in [-0.2, -0.15) is 0 Å². The molecule has 5 nitrogen and oxygen atoms in total. The largest absolute Gasteiger partial charge is 0.462 e. The van der Waals surface area contributed by atoms with E-state index in [2.05, 4.69) is 11.6 Å². The van der Waals surface area contributed by atoms with Crippen molar-refractivity contribution in [2.45, 2.75) is 44.6 Å². The summed E-state index contributed by atoms with van der Waals surface area (Å²) in [6, 6.07) is 1.38. The number of hydrogen-bond donors (Lipinski definition) is 2. The van der Waals surface area contributed by atoms with Crippen LogP contribution in [0.4, 0.5) is 0 Å². The van der Waals surface area contributed by atoms with Crippen LogP contribution >= 0.6 is 0 Å². The molecule has 0 aromatic carbocycles. The molecule has 1 saturated carbocycles. The van der Waals surface area contributed by atoms with Gasteiger partial charge in [-0.1, -0.05) is 13.3 Å². The van der Waals surface area contributed by atoms with Gasteiger partial charge in [0.25, 0.3) is 0 Å². The van der Waals surface area contributed by atoms with Gasteiger partial charge in [0.1, 0.15) is 23.0 Å². The highest BCUT2D eigenvalue weighted by Crippen LogP contribution is 2.39. The van der Waals surface area contributed by atoms with E-state index in [9.17, 15) is 8.42 Å². The first kappa shape index (κ1) is 13.6. The second-order valence-corrected chi connectivity index (χ2v) is 7.02. The second-order valence-electron chi connectivity index (χ2n) is 5.28. The molecule has 1 aliphatic rings. The number of hydrogen-bond acceptors (Lipinski definition) is 4. The van der Waals surface area contributed by atoms with Crippen LogP contribution in [0.15, 0.2) is 15.4 Å². The summed E-state index contributed by atoms with van der Waals surface area (Å²) in [5.74, 6) is 0.577. The summed E-state index contributed by atoms with van der Waals surface area (Å²) in [6.45, 7) is 3.82. The van der Waals surface area contributed by atoms with Gasteiger partial charge in [-0.25, -0.2) is 13.1 Å². The molecule has 0 aliphatic heterocycles. The Morgan fingerprint density at radius 1 is 1.50 bits per heavy atom.